The third kappa shape index (κ3) is 2.57. The molecule has 1 aromatic carbocycles. The third-order valence-corrected chi connectivity index (χ3v) is 2.81. The molecule has 2 rings (SSSR count). The fourth-order valence-corrected chi connectivity index (χ4v) is 1.63. The van der Waals surface area contributed by atoms with E-state index in [1.165, 1.54) is 0 Å². The molecule has 1 heterocycles. The molecule has 0 bridgehead atoms. The summed E-state index contributed by atoms with van der Waals surface area (Å²) in [6, 6.07) is 6.72. The number of benzene rings is 1. The number of amides is 1. The molecule has 0 radical (unpaired) electrons. The minimum absolute atomic E-state index is 0.158. The van der Waals surface area contributed by atoms with Crippen LogP contribution in [0.15, 0.2) is 24.3 Å². The zero-order chi connectivity index (χ0) is 13.1. The van der Waals surface area contributed by atoms with Gasteiger partial charge in [0.2, 0.25) is 5.91 Å². The lowest BCUT2D eigenvalue weighted by molar-refractivity contribution is -0.117. The predicted octanol–water partition coefficient (Wildman–Crippen LogP) is 1.96. The molecule has 1 amide bonds. The Hall–Kier alpha value is -1.72. The highest BCUT2D eigenvalue weighted by Gasteiger charge is 2.14. The number of carbonyl (C=O) groups excluding carboxylic acids is 1. The number of nitrogens with two attached hydrogens (primary N) is 1. The number of nitrogens with zero attached hydrogens (tertiary/aromatic N) is 2. The van der Waals surface area contributed by atoms with Crippen molar-refractivity contribution in [3.05, 3.63) is 29.4 Å². The van der Waals surface area contributed by atoms with Gasteiger partial charge in [0.1, 0.15) is 0 Å². The minimum Gasteiger partial charge on any atom is -0.320 e. The first-order valence-corrected chi connectivity index (χ1v) is 5.98. The van der Waals surface area contributed by atoms with Gasteiger partial charge in [-0.1, -0.05) is 30.7 Å². The van der Waals surface area contributed by atoms with Gasteiger partial charge in [-0.2, -0.15) is 0 Å². The first-order valence-electron chi connectivity index (χ1n) is 5.60. The molecule has 1 aromatic heterocycles. The summed E-state index contributed by atoms with van der Waals surface area (Å²) in [5, 5.41) is 2.74. The number of hydrogen-bond donors (Lipinski definition) is 2. The molecule has 0 saturated heterocycles. The molecule has 0 aliphatic heterocycles. The van der Waals surface area contributed by atoms with Crippen molar-refractivity contribution in [3.8, 4) is 0 Å². The van der Waals surface area contributed by atoms with Gasteiger partial charge in [0, 0.05) is 0 Å². The first-order chi connectivity index (χ1) is 8.61. The number of fused-ring (bicyclic) bond motifs is 1. The summed E-state index contributed by atoms with van der Waals surface area (Å²) < 4.78 is 0. The molecule has 0 aliphatic rings. The lowest BCUT2D eigenvalue weighted by Crippen LogP contribution is -2.35. The lowest BCUT2D eigenvalue weighted by Gasteiger charge is -2.10. The van der Waals surface area contributed by atoms with Gasteiger partial charge in [-0.05, 0) is 18.6 Å². The van der Waals surface area contributed by atoms with Crippen molar-refractivity contribution in [2.45, 2.75) is 19.4 Å². The smallest absolute Gasteiger partial charge is 0.242 e. The van der Waals surface area contributed by atoms with Crippen LogP contribution in [0.2, 0.25) is 5.15 Å². The predicted molar refractivity (Wildman–Crippen MR) is 71.4 cm³/mol. The number of para-hydroxylation sites is 2. The zero-order valence-corrected chi connectivity index (χ0v) is 10.6. The van der Waals surface area contributed by atoms with E-state index in [9.17, 15) is 4.79 Å². The number of anilines is 1. The Kier molecular flexibility index (Phi) is 3.74. The fourth-order valence-electron chi connectivity index (χ4n) is 1.45. The average molecular weight is 265 g/mol. The Morgan fingerprint density at radius 3 is 2.61 bits per heavy atom. The van der Waals surface area contributed by atoms with E-state index in [0.717, 1.165) is 0 Å². The van der Waals surface area contributed by atoms with Crippen molar-refractivity contribution >= 4 is 34.4 Å². The first kappa shape index (κ1) is 12.7. The van der Waals surface area contributed by atoms with Crippen LogP contribution >= 0.6 is 11.6 Å². The highest BCUT2D eigenvalue weighted by atomic mass is 35.5. The number of rotatable bonds is 3. The van der Waals surface area contributed by atoms with Crippen molar-refractivity contribution in [1.29, 1.82) is 0 Å². The Balaban J connectivity index is 2.33. The van der Waals surface area contributed by atoms with Crippen LogP contribution in [0.4, 0.5) is 5.82 Å². The van der Waals surface area contributed by atoms with Gasteiger partial charge < -0.3 is 11.1 Å². The summed E-state index contributed by atoms with van der Waals surface area (Å²) >= 11 is 5.97. The van der Waals surface area contributed by atoms with E-state index >= 15 is 0 Å². The van der Waals surface area contributed by atoms with Crippen LogP contribution in [0.3, 0.4) is 0 Å². The topological polar surface area (TPSA) is 80.9 Å². The molecular weight excluding hydrogens is 252 g/mol. The summed E-state index contributed by atoms with van der Waals surface area (Å²) in [5.74, 6) is -0.0757. The van der Waals surface area contributed by atoms with E-state index in [4.69, 9.17) is 17.3 Å². The number of aromatic nitrogens is 2. The van der Waals surface area contributed by atoms with Crippen molar-refractivity contribution < 1.29 is 4.79 Å². The molecule has 0 spiro atoms. The standard InChI is InChI=1S/C12H13ClN4O/c1-2-7(14)12(18)17-11-10(13)15-8-5-3-4-6-9(8)16-11/h3-7H,2,14H2,1H3,(H,16,17,18)/t7-/m0/s1. The van der Waals surface area contributed by atoms with Crippen LogP contribution in [-0.4, -0.2) is 21.9 Å². The molecule has 5 nitrogen and oxygen atoms in total. The quantitative estimate of drug-likeness (QED) is 0.888. The Morgan fingerprint density at radius 1 is 1.39 bits per heavy atom. The van der Waals surface area contributed by atoms with Crippen LogP contribution in [0, 0.1) is 0 Å². The van der Waals surface area contributed by atoms with Gasteiger partial charge in [0.25, 0.3) is 0 Å². The Bertz CT molecular complexity index is 587. The highest BCUT2D eigenvalue weighted by molar-refractivity contribution is 6.32. The maximum Gasteiger partial charge on any atom is 0.242 e. The van der Waals surface area contributed by atoms with E-state index in [-0.39, 0.29) is 16.9 Å². The number of carbonyl (C=O) groups is 1. The highest BCUT2D eigenvalue weighted by Crippen LogP contribution is 2.20. The maximum atomic E-state index is 11.7. The van der Waals surface area contributed by atoms with E-state index in [2.05, 4.69) is 15.3 Å². The van der Waals surface area contributed by atoms with Crippen LogP contribution in [0.5, 0.6) is 0 Å². The minimum atomic E-state index is -0.575. The Morgan fingerprint density at radius 2 is 2.00 bits per heavy atom. The van der Waals surface area contributed by atoms with E-state index in [0.29, 0.717) is 17.5 Å². The Labute approximate surface area is 109 Å². The van der Waals surface area contributed by atoms with Gasteiger partial charge in [-0.3, -0.25) is 4.79 Å². The molecule has 3 N–H and O–H groups in total. The average Bonchev–Trinajstić information content (AvgIpc) is 2.38. The fraction of sp³-hybridized carbons (Fsp3) is 0.250. The number of halogens is 1. The van der Waals surface area contributed by atoms with E-state index < -0.39 is 6.04 Å². The molecule has 0 unspecified atom stereocenters. The molecule has 2 aromatic rings. The van der Waals surface area contributed by atoms with Crippen molar-refractivity contribution in [2.75, 3.05) is 5.32 Å². The molecule has 0 saturated carbocycles. The second-order valence-electron chi connectivity index (χ2n) is 3.86. The van der Waals surface area contributed by atoms with Crippen molar-refractivity contribution in [2.24, 2.45) is 5.73 Å². The van der Waals surface area contributed by atoms with Crippen LogP contribution < -0.4 is 11.1 Å². The largest absolute Gasteiger partial charge is 0.320 e. The molecule has 0 fully saturated rings. The third-order valence-electron chi connectivity index (χ3n) is 2.55. The monoisotopic (exact) mass is 264 g/mol. The number of hydrogen-bond acceptors (Lipinski definition) is 4. The normalized spacial score (nSPS) is 12.4. The summed E-state index contributed by atoms with van der Waals surface area (Å²) in [7, 11) is 0. The van der Waals surface area contributed by atoms with Crippen LogP contribution in [-0.2, 0) is 4.79 Å². The molecule has 0 aliphatic carbocycles. The summed E-state index contributed by atoms with van der Waals surface area (Å²) in [6.07, 6.45) is 0.546. The van der Waals surface area contributed by atoms with Crippen LogP contribution in [0.25, 0.3) is 11.0 Å². The van der Waals surface area contributed by atoms with Gasteiger partial charge in [-0.25, -0.2) is 9.97 Å². The second kappa shape index (κ2) is 5.29. The van der Waals surface area contributed by atoms with Gasteiger partial charge in [0.05, 0.1) is 17.1 Å². The van der Waals surface area contributed by atoms with E-state index in [1.54, 1.807) is 12.1 Å². The molecular formula is C12H13ClN4O. The lowest BCUT2D eigenvalue weighted by atomic mass is 10.2. The van der Waals surface area contributed by atoms with Gasteiger partial charge >= 0.3 is 0 Å². The van der Waals surface area contributed by atoms with Crippen LogP contribution in [0.1, 0.15) is 13.3 Å². The molecule has 1 atom stereocenters. The van der Waals surface area contributed by atoms with Crippen molar-refractivity contribution in [3.63, 3.8) is 0 Å². The molecule has 18 heavy (non-hydrogen) atoms. The SMILES string of the molecule is CC[C@H](N)C(=O)Nc1nc2ccccc2nc1Cl. The summed E-state index contributed by atoms with van der Waals surface area (Å²) in [4.78, 5) is 20.1. The second-order valence-corrected chi connectivity index (χ2v) is 4.21. The number of nitrogens with one attached hydrogen (secondary N) is 1. The van der Waals surface area contributed by atoms with E-state index in [1.807, 2.05) is 19.1 Å². The maximum absolute atomic E-state index is 11.7. The summed E-state index contributed by atoms with van der Waals surface area (Å²) in [6.45, 7) is 1.83. The van der Waals surface area contributed by atoms with Crippen molar-refractivity contribution in [1.82, 2.24) is 9.97 Å². The van der Waals surface area contributed by atoms with Gasteiger partial charge in [0.15, 0.2) is 11.0 Å². The molecule has 94 valence electrons. The zero-order valence-electron chi connectivity index (χ0n) is 9.85. The van der Waals surface area contributed by atoms with Gasteiger partial charge in [-0.15, -0.1) is 0 Å². The molecule has 6 heteroatoms. The summed E-state index contributed by atoms with van der Waals surface area (Å²) in [5.41, 5.74) is 6.97.